The van der Waals surface area contributed by atoms with E-state index in [1.54, 1.807) is 13.4 Å². The summed E-state index contributed by atoms with van der Waals surface area (Å²) in [7, 11) is 1.77. The highest BCUT2D eigenvalue weighted by molar-refractivity contribution is 5.20. The van der Waals surface area contributed by atoms with Crippen molar-refractivity contribution in [1.82, 2.24) is 15.3 Å². The lowest BCUT2D eigenvalue weighted by molar-refractivity contribution is 0.0296. The molecule has 2 heterocycles. The van der Waals surface area contributed by atoms with Crippen LogP contribution in [0.1, 0.15) is 31.3 Å². The molecule has 4 heteroatoms. The summed E-state index contributed by atoms with van der Waals surface area (Å²) in [6, 6.07) is 0.227. The molecule has 0 saturated carbocycles. The minimum absolute atomic E-state index is 0.187. The maximum Gasteiger partial charge on any atom is 0.0925 e. The Morgan fingerprint density at radius 3 is 3.00 bits per heavy atom. The number of hydrogen-bond donors (Lipinski definition) is 2. The second kappa shape index (κ2) is 4.33. The molecular weight excluding hydrogens is 190 g/mol. The molecule has 0 bridgehead atoms. The lowest BCUT2D eigenvalue weighted by Gasteiger charge is -2.32. The van der Waals surface area contributed by atoms with Gasteiger partial charge in [0.05, 0.1) is 24.2 Å². The van der Waals surface area contributed by atoms with Gasteiger partial charge >= 0.3 is 0 Å². The van der Waals surface area contributed by atoms with Crippen molar-refractivity contribution in [3.8, 4) is 0 Å². The van der Waals surface area contributed by atoms with Gasteiger partial charge in [-0.05, 0) is 5.92 Å². The quantitative estimate of drug-likeness (QED) is 0.788. The molecule has 2 unspecified atom stereocenters. The van der Waals surface area contributed by atoms with Gasteiger partial charge in [-0.2, -0.15) is 0 Å². The number of methoxy groups -OCH3 is 1. The highest BCUT2D eigenvalue weighted by atomic mass is 16.5. The van der Waals surface area contributed by atoms with Crippen LogP contribution in [0.15, 0.2) is 6.33 Å². The standard InChI is InChI=1S/C11H19N3O/c1-7(2)11(15-3)10-9-8(4-5-12-10)13-6-14-9/h6-7,10-12H,4-5H2,1-3H3,(H,13,14). The van der Waals surface area contributed by atoms with Gasteiger partial charge in [0.25, 0.3) is 0 Å². The van der Waals surface area contributed by atoms with Crippen molar-refractivity contribution in [1.29, 1.82) is 0 Å². The molecule has 0 aromatic carbocycles. The van der Waals surface area contributed by atoms with Crippen LogP contribution in [0.3, 0.4) is 0 Å². The minimum atomic E-state index is 0.187. The molecule has 0 radical (unpaired) electrons. The first-order chi connectivity index (χ1) is 7.24. The molecule has 2 atom stereocenters. The smallest absolute Gasteiger partial charge is 0.0925 e. The molecule has 0 spiro atoms. The molecule has 0 fully saturated rings. The summed E-state index contributed by atoms with van der Waals surface area (Å²) in [5.41, 5.74) is 2.38. The summed E-state index contributed by atoms with van der Waals surface area (Å²) in [5.74, 6) is 0.482. The van der Waals surface area contributed by atoms with Gasteiger partial charge < -0.3 is 15.0 Å². The molecule has 2 rings (SSSR count). The van der Waals surface area contributed by atoms with E-state index in [1.165, 1.54) is 5.69 Å². The summed E-state index contributed by atoms with van der Waals surface area (Å²) < 4.78 is 5.56. The van der Waals surface area contributed by atoms with Gasteiger partial charge in [-0.25, -0.2) is 4.98 Å². The Hall–Kier alpha value is -0.870. The first-order valence-electron chi connectivity index (χ1n) is 5.52. The van der Waals surface area contributed by atoms with E-state index in [-0.39, 0.29) is 12.1 Å². The number of hydrogen-bond acceptors (Lipinski definition) is 3. The van der Waals surface area contributed by atoms with Crippen LogP contribution in [0, 0.1) is 5.92 Å². The van der Waals surface area contributed by atoms with Crippen molar-refractivity contribution in [2.45, 2.75) is 32.4 Å². The van der Waals surface area contributed by atoms with E-state index in [4.69, 9.17) is 4.74 Å². The number of rotatable bonds is 3. The Bertz CT molecular complexity index is 321. The van der Waals surface area contributed by atoms with Crippen molar-refractivity contribution in [3.05, 3.63) is 17.7 Å². The van der Waals surface area contributed by atoms with Crippen LogP contribution < -0.4 is 5.32 Å². The monoisotopic (exact) mass is 209 g/mol. The molecule has 1 aromatic heterocycles. The Balaban J connectivity index is 2.24. The third-order valence-electron chi connectivity index (χ3n) is 3.04. The number of aromatic nitrogens is 2. The normalized spacial score (nSPS) is 22.8. The molecule has 15 heavy (non-hydrogen) atoms. The number of nitrogens with zero attached hydrogens (tertiary/aromatic N) is 1. The molecule has 84 valence electrons. The fraction of sp³-hybridized carbons (Fsp3) is 0.727. The van der Waals surface area contributed by atoms with Gasteiger partial charge in [0, 0.05) is 25.8 Å². The molecule has 0 saturated heterocycles. The topological polar surface area (TPSA) is 49.9 Å². The molecule has 0 amide bonds. The Kier molecular flexibility index (Phi) is 3.07. The van der Waals surface area contributed by atoms with Crippen LogP contribution in [0.25, 0.3) is 0 Å². The van der Waals surface area contributed by atoms with Gasteiger partial charge in [0.2, 0.25) is 0 Å². The molecule has 4 nitrogen and oxygen atoms in total. The SMILES string of the molecule is COC(C(C)C)C1NCCc2[nH]cnc21. The molecule has 0 aliphatic carbocycles. The average molecular weight is 209 g/mol. The molecular formula is C11H19N3O. The van der Waals surface area contributed by atoms with Crippen molar-refractivity contribution in [2.75, 3.05) is 13.7 Å². The van der Waals surface area contributed by atoms with Gasteiger partial charge in [0.1, 0.15) is 0 Å². The second-order valence-corrected chi connectivity index (χ2v) is 4.39. The minimum Gasteiger partial charge on any atom is -0.379 e. The highest BCUT2D eigenvalue weighted by Gasteiger charge is 2.31. The predicted octanol–water partition coefficient (Wildman–Crippen LogP) is 1.27. The molecule has 2 N–H and O–H groups in total. The van der Waals surface area contributed by atoms with Gasteiger partial charge in [0.15, 0.2) is 0 Å². The van der Waals surface area contributed by atoms with Crippen LogP contribution in [0.4, 0.5) is 0 Å². The predicted molar refractivity (Wildman–Crippen MR) is 58.7 cm³/mol. The van der Waals surface area contributed by atoms with Gasteiger partial charge in [-0.3, -0.25) is 0 Å². The summed E-state index contributed by atoms with van der Waals surface area (Å²) in [5, 5.41) is 3.49. The van der Waals surface area contributed by atoms with Crippen LogP contribution >= 0.6 is 0 Å². The molecule has 1 aliphatic rings. The Morgan fingerprint density at radius 1 is 1.53 bits per heavy atom. The second-order valence-electron chi connectivity index (χ2n) is 4.39. The highest BCUT2D eigenvalue weighted by Crippen LogP contribution is 2.27. The van der Waals surface area contributed by atoms with Crippen LogP contribution in [-0.4, -0.2) is 29.7 Å². The van der Waals surface area contributed by atoms with E-state index in [0.717, 1.165) is 18.7 Å². The number of imidazole rings is 1. The van der Waals surface area contributed by atoms with E-state index >= 15 is 0 Å². The number of fused-ring (bicyclic) bond motifs is 1. The fourth-order valence-corrected chi connectivity index (χ4v) is 2.31. The van der Waals surface area contributed by atoms with E-state index in [9.17, 15) is 0 Å². The lowest BCUT2D eigenvalue weighted by Crippen LogP contribution is -2.41. The average Bonchev–Trinajstić information content (AvgIpc) is 2.66. The van der Waals surface area contributed by atoms with Crippen molar-refractivity contribution < 1.29 is 4.74 Å². The fourth-order valence-electron chi connectivity index (χ4n) is 2.31. The Morgan fingerprint density at radius 2 is 2.33 bits per heavy atom. The van der Waals surface area contributed by atoms with Gasteiger partial charge in [-0.1, -0.05) is 13.8 Å². The van der Waals surface area contributed by atoms with E-state index in [2.05, 4.69) is 29.1 Å². The largest absolute Gasteiger partial charge is 0.379 e. The van der Waals surface area contributed by atoms with E-state index < -0.39 is 0 Å². The van der Waals surface area contributed by atoms with Crippen LogP contribution in [-0.2, 0) is 11.2 Å². The first-order valence-corrected chi connectivity index (χ1v) is 5.52. The first kappa shape index (κ1) is 10.6. The summed E-state index contributed by atoms with van der Waals surface area (Å²) in [4.78, 5) is 7.59. The zero-order chi connectivity index (χ0) is 10.8. The number of ether oxygens (including phenoxy) is 1. The summed E-state index contributed by atoms with van der Waals surface area (Å²) >= 11 is 0. The molecule has 1 aromatic rings. The van der Waals surface area contributed by atoms with E-state index in [1.807, 2.05) is 0 Å². The van der Waals surface area contributed by atoms with E-state index in [0.29, 0.717) is 5.92 Å². The zero-order valence-corrected chi connectivity index (χ0v) is 9.58. The van der Waals surface area contributed by atoms with Crippen molar-refractivity contribution >= 4 is 0 Å². The third-order valence-corrected chi connectivity index (χ3v) is 3.04. The summed E-state index contributed by atoms with van der Waals surface area (Å²) in [6.45, 7) is 5.35. The van der Waals surface area contributed by atoms with Crippen LogP contribution in [0.5, 0.6) is 0 Å². The number of H-pyrrole nitrogens is 1. The third kappa shape index (κ3) is 1.92. The lowest BCUT2D eigenvalue weighted by atomic mass is 9.93. The van der Waals surface area contributed by atoms with Crippen molar-refractivity contribution in [3.63, 3.8) is 0 Å². The maximum atomic E-state index is 5.56. The summed E-state index contributed by atoms with van der Waals surface area (Å²) in [6.07, 6.45) is 2.99. The van der Waals surface area contributed by atoms with Crippen molar-refractivity contribution in [2.24, 2.45) is 5.92 Å². The van der Waals surface area contributed by atoms with Gasteiger partial charge in [-0.15, -0.1) is 0 Å². The number of aromatic amines is 1. The Labute approximate surface area is 90.4 Å². The number of nitrogens with one attached hydrogen (secondary N) is 2. The molecule has 1 aliphatic heterocycles. The maximum absolute atomic E-state index is 5.56. The zero-order valence-electron chi connectivity index (χ0n) is 9.58. The van der Waals surface area contributed by atoms with Crippen LogP contribution in [0.2, 0.25) is 0 Å².